The Bertz CT molecular complexity index is 1100. The molecule has 0 unspecified atom stereocenters. The molecule has 5 rings (SSSR count). The Balaban J connectivity index is 1.41. The van der Waals surface area contributed by atoms with Gasteiger partial charge in [-0.15, -0.1) is 0 Å². The van der Waals surface area contributed by atoms with Crippen LogP contribution in [-0.2, 0) is 19.5 Å². The van der Waals surface area contributed by atoms with Crippen LogP contribution < -0.4 is 0 Å². The van der Waals surface area contributed by atoms with Crippen molar-refractivity contribution in [3.63, 3.8) is 0 Å². The molecule has 6 heteroatoms. The largest absolute Gasteiger partial charge is 0.361 e. The van der Waals surface area contributed by atoms with Crippen molar-refractivity contribution in [1.29, 1.82) is 0 Å². The molecular weight excluding hydrogens is 336 g/mol. The summed E-state index contributed by atoms with van der Waals surface area (Å²) in [5.74, 6) is 0.693. The zero-order valence-corrected chi connectivity index (χ0v) is 15.2. The maximum Gasteiger partial charge on any atom is 0.162 e. The van der Waals surface area contributed by atoms with Gasteiger partial charge in [0, 0.05) is 55.3 Å². The molecule has 0 amide bonds. The van der Waals surface area contributed by atoms with E-state index in [1.807, 2.05) is 6.20 Å². The lowest BCUT2D eigenvalue weighted by Gasteiger charge is -2.27. The smallest absolute Gasteiger partial charge is 0.162 e. The first-order valence-electron chi connectivity index (χ1n) is 9.15. The number of nitrogens with one attached hydrogen (secondary N) is 1. The van der Waals surface area contributed by atoms with Crippen LogP contribution in [0.2, 0.25) is 0 Å². The van der Waals surface area contributed by atoms with Crippen LogP contribution in [0.4, 0.5) is 0 Å². The third-order valence-electron chi connectivity index (χ3n) is 5.16. The van der Waals surface area contributed by atoms with Gasteiger partial charge < -0.3 is 4.98 Å². The molecule has 134 valence electrons. The van der Waals surface area contributed by atoms with E-state index in [0.717, 1.165) is 37.3 Å². The molecule has 0 bridgehead atoms. The standard InChI is InChI=1S/C21H20N6/c1-14-2-3-19-18(6-14)17(10-24-19)11-27-5-4-15-9-25-21(26-20(15)12-27)16-7-22-13-23-8-16/h2-3,6-10,13,24H,4-5,11-12H2,1H3. The molecule has 1 aliphatic heterocycles. The maximum absolute atomic E-state index is 4.80. The molecule has 1 aromatic carbocycles. The van der Waals surface area contributed by atoms with Crippen LogP contribution in [0.15, 0.2) is 49.3 Å². The number of H-pyrrole nitrogens is 1. The van der Waals surface area contributed by atoms with Gasteiger partial charge in [0.1, 0.15) is 6.33 Å². The van der Waals surface area contributed by atoms with Gasteiger partial charge in [0.05, 0.1) is 11.3 Å². The second kappa shape index (κ2) is 6.55. The number of aromatic nitrogens is 5. The highest BCUT2D eigenvalue weighted by molar-refractivity contribution is 5.83. The molecule has 0 atom stereocenters. The number of fused-ring (bicyclic) bond motifs is 2. The molecule has 0 saturated heterocycles. The topological polar surface area (TPSA) is 70.6 Å². The predicted molar refractivity (Wildman–Crippen MR) is 104 cm³/mol. The molecule has 0 fully saturated rings. The quantitative estimate of drug-likeness (QED) is 0.610. The SMILES string of the molecule is Cc1ccc2[nH]cc(CN3CCc4cnc(-c5cncnc5)nc4C3)c2c1. The molecule has 1 N–H and O–H groups in total. The summed E-state index contributed by atoms with van der Waals surface area (Å²) < 4.78 is 0. The van der Waals surface area contributed by atoms with Gasteiger partial charge in [-0.05, 0) is 36.6 Å². The fourth-order valence-corrected chi connectivity index (χ4v) is 3.71. The minimum Gasteiger partial charge on any atom is -0.361 e. The van der Waals surface area contributed by atoms with E-state index in [9.17, 15) is 0 Å². The van der Waals surface area contributed by atoms with Crippen LogP contribution in [0.25, 0.3) is 22.3 Å². The van der Waals surface area contributed by atoms with Gasteiger partial charge in [0.25, 0.3) is 0 Å². The van der Waals surface area contributed by atoms with Crippen molar-refractivity contribution in [3.05, 3.63) is 71.7 Å². The summed E-state index contributed by atoms with van der Waals surface area (Å²) in [4.78, 5) is 23.3. The van der Waals surface area contributed by atoms with Crippen molar-refractivity contribution in [2.45, 2.75) is 26.4 Å². The third-order valence-corrected chi connectivity index (χ3v) is 5.16. The highest BCUT2D eigenvalue weighted by Gasteiger charge is 2.20. The van der Waals surface area contributed by atoms with Crippen LogP contribution in [0.5, 0.6) is 0 Å². The number of hydrogen-bond donors (Lipinski definition) is 1. The zero-order chi connectivity index (χ0) is 18.2. The van der Waals surface area contributed by atoms with Crippen LogP contribution in [-0.4, -0.2) is 36.4 Å². The number of benzene rings is 1. The maximum atomic E-state index is 4.80. The summed E-state index contributed by atoms with van der Waals surface area (Å²) in [6.07, 6.45) is 10.1. The van der Waals surface area contributed by atoms with Gasteiger partial charge in [-0.3, -0.25) is 4.90 Å². The van der Waals surface area contributed by atoms with E-state index in [-0.39, 0.29) is 0 Å². The van der Waals surface area contributed by atoms with Gasteiger partial charge in [0.15, 0.2) is 5.82 Å². The van der Waals surface area contributed by atoms with Crippen molar-refractivity contribution in [2.75, 3.05) is 6.54 Å². The Morgan fingerprint density at radius 2 is 2.04 bits per heavy atom. The van der Waals surface area contributed by atoms with Crippen molar-refractivity contribution < 1.29 is 0 Å². The van der Waals surface area contributed by atoms with Crippen LogP contribution in [0.3, 0.4) is 0 Å². The van der Waals surface area contributed by atoms with E-state index in [1.165, 1.54) is 33.9 Å². The van der Waals surface area contributed by atoms with E-state index < -0.39 is 0 Å². The Kier molecular flexibility index (Phi) is 3.90. The molecule has 6 nitrogen and oxygen atoms in total. The average Bonchev–Trinajstić information content (AvgIpc) is 3.10. The molecule has 0 spiro atoms. The van der Waals surface area contributed by atoms with Crippen LogP contribution in [0.1, 0.15) is 22.4 Å². The molecule has 3 aromatic heterocycles. The second-order valence-electron chi connectivity index (χ2n) is 7.12. The minimum atomic E-state index is 0.693. The van der Waals surface area contributed by atoms with Gasteiger partial charge in [-0.25, -0.2) is 19.9 Å². The summed E-state index contributed by atoms with van der Waals surface area (Å²) in [5, 5.41) is 1.31. The monoisotopic (exact) mass is 356 g/mol. The van der Waals surface area contributed by atoms with Crippen molar-refractivity contribution in [3.8, 4) is 11.4 Å². The average molecular weight is 356 g/mol. The highest BCUT2D eigenvalue weighted by Crippen LogP contribution is 2.25. The summed E-state index contributed by atoms with van der Waals surface area (Å²) >= 11 is 0. The van der Waals surface area contributed by atoms with Gasteiger partial charge in [-0.2, -0.15) is 0 Å². The van der Waals surface area contributed by atoms with Crippen molar-refractivity contribution in [1.82, 2.24) is 29.8 Å². The fourth-order valence-electron chi connectivity index (χ4n) is 3.71. The number of aromatic amines is 1. The van der Waals surface area contributed by atoms with Crippen LogP contribution in [0, 0.1) is 6.92 Å². The van der Waals surface area contributed by atoms with E-state index in [0.29, 0.717) is 5.82 Å². The first-order valence-corrected chi connectivity index (χ1v) is 9.15. The van der Waals surface area contributed by atoms with Gasteiger partial charge in [0.2, 0.25) is 0 Å². The Morgan fingerprint density at radius 3 is 2.93 bits per heavy atom. The fraction of sp³-hybridized carbons (Fsp3) is 0.238. The highest BCUT2D eigenvalue weighted by atomic mass is 15.1. The van der Waals surface area contributed by atoms with Crippen molar-refractivity contribution >= 4 is 10.9 Å². The number of hydrogen-bond acceptors (Lipinski definition) is 5. The minimum absolute atomic E-state index is 0.693. The Labute approximate surface area is 157 Å². The molecule has 1 aliphatic rings. The lowest BCUT2D eigenvalue weighted by atomic mass is 10.0. The van der Waals surface area contributed by atoms with E-state index in [4.69, 9.17) is 4.98 Å². The molecule has 4 heterocycles. The first-order chi connectivity index (χ1) is 13.3. The van der Waals surface area contributed by atoms with Crippen molar-refractivity contribution in [2.24, 2.45) is 0 Å². The third kappa shape index (κ3) is 3.08. The predicted octanol–water partition coefficient (Wildman–Crippen LogP) is 3.28. The molecule has 0 saturated carbocycles. The molecule has 4 aromatic rings. The van der Waals surface area contributed by atoms with Gasteiger partial charge >= 0.3 is 0 Å². The van der Waals surface area contributed by atoms with E-state index >= 15 is 0 Å². The second-order valence-corrected chi connectivity index (χ2v) is 7.12. The molecule has 27 heavy (non-hydrogen) atoms. The number of aryl methyl sites for hydroxylation is 1. The lowest BCUT2D eigenvalue weighted by molar-refractivity contribution is 0.242. The summed E-state index contributed by atoms with van der Waals surface area (Å²) in [6, 6.07) is 6.56. The summed E-state index contributed by atoms with van der Waals surface area (Å²) in [6.45, 7) is 4.90. The zero-order valence-electron chi connectivity index (χ0n) is 15.2. The van der Waals surface area contributed by atoms with Crippen LogP contribution >= 0.6 is 0 Å². The van der Waals surface area contributed by atoms with E-state index in [2.05, 4.69) is 56.2 Å². The normalized spacial score (nSPS) is 14.4. The number of rotatable bonds is 3. The molecular formula is C21H20N6. The van der Waals surface area contributed by atoms with E-state index in [1.54, 1.807) is 12.4 Å². The van der Waals surface area contributed by atoms with Gasteiger partial charge in [-0.1, -0.05) is 11.6 Å². The Hall–Kier alpha value is -3.12. The number of nitrogens with zero attached hydrogens (tertiary/aromatic N) is 5. The Morgan fingerprint density at radius 1 is 1.15 bits per heavy atom. The molecule has 0 aliphatic carbocycles. The first kappa shape index (κ1) is 16.1. The molecule has 0 radical (unpaired) electrons. The lowest BCUT2D eigenvalue weighted by Crippen LogP contribution is -2.31. The summed E-state index contributed by atoms with van der Waals surface area (Å²) in [5.41, 5.74) is 7.01. The summed E-state index contributed by atoms with van der Waals surface area (Å²) in [7, 11) is 0.